The molecule has 0 unspecified atom stereocenters. The van der Waals surface area contributed by atoms with Gasteiger partial charge in [0.25, 0.3) is 0 Å². The summed E-state index contributed by atoms with van der Waals surface area (Å²) in [5.74, 6) is -0.0161. The number of thioether (sulfide) groups is 1. The fourth-order valence-electron chi connectivity index (χ4n) is 2.98. The van der Waals surface area contributed by atoms with Gasteiger partial charge in [-0.15, -0.1) is 11.3 Å². The Morgan fingerprint density at radius 3 is 2.83 bits per heavy atom. The molecule has 0 spiro atoms. The number of likely N-dealkylation sites (N-methyl/N-ethyl adjacent to an activating group) is 1. The summed E-state index contributed by atoms with van der Waals surface area (Å²) in [6.07, 6.45) is 0. The molecular weight excluding hydrogens is 420 g/mol. The van der Waals surface area contributed by atoms with E-state index in [1.165, 1.54) is 11.8 Å². The van der Waals surface area contributed by atoms with Crippen LogP contribution in [0.15, 0.2) is 46.9 Å². The number of carbonyl (C=O) groups excluding carboxylic acids is 2. The van der Waals surface area contributed by atoms with Gasteiger partial charge >= 0.3 is 0 Å². The molecule has 160 valence electrons. The monoisotopic (exact) mass is 446 g/mol. The van der Waals surface area contributed by atoms with Crippen LogP contribution in [-0.4, -0.2) is 58.8 Å². The maximum atomic E-state index is 12.7. The van der Waals surface area contributed by atoms with Gasteiger partial charge in [-0.1, -0.05) is 30.0 Å². The molecule has 0 radical (unpaired) electrons. The van der Waals surface area contributed by atoms with E-state index in [1.807, 2.05) is 48.7 Å². The van der Waals surface area contributed by atoms with Crippen molar-refractivity contribution in [2.75, 3.05) is 32.6 Å². The Kier molecular flexibility index (Phi) is 8.30. The van der Waals surface area contributed by atoms with Crippen molar-refractivity contribution < 1.29 is 14.3 Å². The van der Waals surface area contributed by atoms with Crippen LogP contribution in [0, 0.1) is 0 Å². The molecule has 2 aromatic heterocycles. The zero-order valence-electron chi connectivity index (χ0n) is 17.2. The summed E-state index contributed by atoms with van der Waals surface area (Å²) in [5, 5.41) is 5.62. The maximum absolute atomic E-state index is 12.7. The van der Waals surface area contributed by atoms with E-state index in [4.69, 9.17) is 4.74 Å². The largest absolute Gasteiger partial charge is 0.383 e. The van der Waals surface area contributed by atoms with E-state index in [2.05, 4.69) is 14.9 Å². The van der Waals surface area contributed by atoms with Crippen LogP contribution >= 0.6 is 23.1 Å². The van der Waals surface area contributed by atoms with Crippen molar-refractivity contribution in [3.05, 3.63) is 46.7 Å². The molecule has 0 atom stereocenters. The molecule has 1 N–H and O–H groups in total. The summed E-state index contributed by atoms with van der Waals surface area (Å²) in [5.41, 5.74) is 1.91. The molecular formula is C21H26N4O3S2. The van der Waals surface area contributed by atoms with E-state index in [9.17, 15) is 9.59 Å². The molecule has 2 amide bonds. The zero-order valence-corrected chi connectivity index (χ0v) is 18.8. The lowest BCUT2D eigenvalue weighted by molar-refractivity contribution is -0.133. The van der Waals surface area contributed by atoms with Gasteiger partial charge in [0.05, 0.1) is 36.5 Å². The van der Waals surface area contributed by atoms with Gasteiger partial charge in [-0.2, -0.15) is 0 Å². The lowest BCUT2D eigenvalue weighted by Crippen LogP contribution is -2.41. The smallest absolute Gasteiger partial charge is 0.239 e. The van der Waals surface area contributed by atoms with Crippen LogP contribution in [-0.2, 0) is 27.4 Å². The van der Waals surface area contributed by atoms with Gasteiger partial charge in [0.15, 0.2) is 5.16 Å². The van der Waals surface area contributed by atoms with E-state index in [0.717, 1.165) is 21.1 Å². The van der Waals surface area contributed by atoms with E-state index in [1.54, 1.807) is 23.3 Å². The average molecular weight is 447 g/mol. The van der Waals surface area contributed by atoms with Crippen LogP contribution in [0.3, 0.4) is 0 Å². The number of rotatable bonds is 11. The number of nitrogens with zero attached hydrogens (tertiary/aromatic N) is 3. The number of aromatic nitrogens is 2. The molecule has 30 heavy (non-hydrogen) atoms. The second-order valence-electron chi connectivity index (χ2n) is 6.58. The van der Waals surface area contributed by atoms with Crippen molar-refractivity contribution in [2.45, 2.75) is 25.2 Å². The number of hydrogen-bond acceptors (Lipinski definition) is 6. The standard InChI is InChI=1S/C21H26N4O3S2/c1-3-24(14-19(26)22-13-16-7-6-12-29-16)20(27)15-30-21-23-17-8-4-5-9-18(17)25(21)10-11-28-2/h4-9,12H,3,10-11,13-15H2,1-2H3,(H,22,26). The van der Waals surface area contributed by atoms with Crippen LogP contribution in [0.2, 0.25) is 0 Å². The molecule has 0 bridgehead atoms. The number of methoxy groups -OCH3 is 1. The van der Waals surface area contributed by atoms with Crippen LogP contribution in [0.4, 0.5) is 0 Å². The minimum atomic E-state index is -0.157. The van der Waals surface area contributed by atoms with Crippen LogP contribution in [0.5, 0.6) is 0 Å². The maximum Gasteiger partial charge on any atom is 0.239 e. The molecule has 7 nitrogen and oxygen atoms in total. The lowest BCUT2D eigenvalue weighted by Gasteiger charge is -2.20. The van der Waals surface area contributed by atoms with Crippen molar-refractivity contribution in [3.63, 3.8) is 0 Å². The number of imidazole rings is 1. The SMILES string of the molecule is CCN(CC(=O)NCc1cccs1)C(=O)CSc1nc2ccccc2n1CCOC. The topological polar surface area (TPSA) is 76.5 Å². The first-order valence-corrected chi connectivity index (χ1v) is 11.6. The molecule has 0 saturated heterocycles. The Morgan fingerprint density at radius 1 is 1.27 bits per heavy atom. The molecule has 3 aromatic rings. The summed E-state index contributed by atoms with van der Waals surface area (Å²) >= 11 is 2.98. The van der Waals surface area contributed by atoms with Crippen molar-refractivity contribution in [1.82, 2.24) is 19.8 Å². The van der Waals surface area contributed by atoms with Gasteiger partial charge in [0.1, 0.15) is 0 Å². The van der Waals surface area contributed by atoms with Gasteiger partial charge in [-0.05, 0) is 30.5 Å². The summed E-state index contributed by atoms with van der Waals surface area (Å²) < 4.78 is 7.29. The van der Waals surface area contributed by atoms with Gasteiger partial charge < -0.3 is 19.5 Å². The van der Waals surface area contributed by atoms with Gasteiger partial charge in [0.2, 0.25) is 11.8 Å². The Labute approximate surface area is 184 Å². The first-order chi connectivity index (χ1) is 14.6. The van der Waals surface area contributed by atoms with Crippen molar-refractivity contribution in [3.8, 4) is 0 Å². The van der Waals surface area contributed by atoms with Crippen LogP contribution in [0.1, 0.15) is 11.8 Å². The van der Waals surface area contributed by atoms with Crippen LogP contribution < -0.4 is 5.32 Å². The second-order valence-corrected chi connectivity index (χ2v) is 8.55. The fraction of sp³-hybridized carbons (Fsp3) is 0.381. The lowest BCUT2D eigenvalue weighted by atomic mass is 10.3. The molecule has 9 heteroatoms. The number of para-hydroxylation sites is 2. The third-order valence-corrected chi connectivity index (χ3v) is 6.41. The van der Waals surface area contributed by atoms with E-state index >= 15 is 0 Å². The second kappa shape index (κ2) is 11.1. The third-order valence-electron chi connectivity index (χ3n) is 4.57. The number of ether oxygens (including phenoxy) is 1. The van der Waals surface area contributed by atoms with Gasteiger partial charge in [0, 0.05) is 25.1 Å². The van der Waals surface area contributed by atoms with Crippen molar-refractivity contribution in [2.24, 2.45) is 0 Å². The Bertz CT molecular complexity index is 972. The average Bonchev–Trinajstić information content (AvgIpc) is 3.40. The number of amides is 2. The molecule has 0 aliphatic carbocycles. The Hall–Kier alpha value is -2.36. The molecule has 0 saturated carbocycles. The summed E-state index contributed by atoms with van der Waals surface area (Å²) in [6, 6.07) is 11.8. The van der Waals surface area contributed by atoms with E-state index in [-0.39, 0.29) is 24.1 Å². The van der Waals surface area contributed by atoms with Gasteiger partial charge in [-0.3, -0.25) is 9.59 Å². The van der Waals surface area contributed by atoms with E-state index < -0.39 is 0 Å². The minimum Gasteiger partial charge on any atom is -0.383 e. The molecule has 2 heterocycles. The van der Waals surface area contributed by atoms with Crippen molar-refractivity contribution >= 4 is 45.9 Å². The molecule has 1 aromatic carbocycles. The number of thiophene rings is 1. The molecule has 0 aliphatic rings. The molecule has 3 rings (SSSR count). The zero-order chi connectivity index (χ0) is 21.3. The summed E-state index contributed by atoms with van der Waals surface area (Å²) in [6.45, 7) is 4.13. The Morgan fingerprint density at radius 2 is 2.10 bits per heavy atom. The number of fused-ring (bicyclic) bond motifs is 1. The number of nitrogens with one attached hydrogen (secondary N) is 1. The van der Waals surface area contributed by atoms with Crippen LogP contribution in [0.25, 0.3) is 11.0 Å². The minimum absolute atomic E-state index is 0.0569. The van der Waals surface area contributed by atoms with Gasteiger partial charge in [-0.25, -0.2) is 4.98 Å². The quantitative estimate of drug-likeness (QED) is 0.458. The third kappa shape index (κ3) is 5.84. The Balaban J connectivity index is 1.58. The summed E-state index contributed by atoms with van der Waals surface area (Å²) in [4.78, 5) is 32.3. The highest BCUT2D eigenvalue weighted by molar-refractivity contribution is 7.99. The first-order valence-electron chi connectivity index (χ1n) is 9.76. The normalized spacial score (nSPS) is 11.0. The first kappa shape index (κ1) is 22.3. The molecule has 0 aliphatic heterocycles. The van der Waals surface area contributed by atoms with Crippen molar-refractivity contribution in [1.29, 1.82) is 0 Å². The number of benzene rings is 1. The number of carbonyl (C=O) groups is 2. The predicted molar refractivity (Wildman–Crippen MR) is 121 cm³/mol. The molecule has 0 fully saturated rings. The highest BCUT2D eigenvalue weighted by Gasteiger charge is 2.18. The fourth-order valence-corrected chi connectivity index (χ4v) is 4.57. The summed E-state index contributed by atoms with van der Waals surface area (Å²) in [7, 11) is 1.66. The highest BCUT2D eigenvalue weighted by atomic mass is 32.2. The predicted octanol–water partition coefficient (Wildman–Crippen LogP) is 3.00. The number of hydrogen-bond donors (Lipinski definition) is 1. The van der Waals surface area contributed by atoms with E-state index in [0.29, 0.717) is 26.2 Å². The highest BCUT2D eigenvalue weighted by Crippen LogP contribution is 2.24.